The third-order valence-corrected chi connectivity index (χ3v) is 3.94. The van der Waals surface area contributed by atoms with E-state index in [0.29, 0.717) is 18.2 Å². The molecule has 1 aromatic carbocycles. The zero-order valence-corrected chi connectivity index (χ0v) is 12.3. The van der Waals surface area contributed by atoms with Crippen LogP contribution in [0.2, 0.25) is 0 Å². The highest BCUT2D eigenvalue weighted by Gasteiger charge is 2.32. The van der Waals surface area contributed by atoms with Crippen LogP contribution in [0, 0.1) is 5.82 Å². The Balaban J connectivity index is 1.64. The van der Waals surface area contributed by atoms with Gasteiger partial charge >= 0.3 is 6.03 Å². The second-order valence-corrected chi connectivity index (χ2v) is 5.59. The molecule has 1 fully saturated rings. The first-order valence-corrected chi connectivity index (χ1v) is 7.53. The molecule has 1 aliphatic rings. The number of anilines is 2. The number of halogens is 1. The number of para-hydroxylation sites is 1. The van der Waals surface area contributed by atoms with Crippen LogP contribution in [0.3, 0.4) is 0 Å². The Morgan fingerprint density at radius 1 is 1.36 bits per heavy atom. The molecule has 0 radical (unpaired) electrons. The van der Waals surface area contributed by atoms with Crippen LogP contribution in [0.5, 0.6) is 0 Å². The summed E-state index contributed by atoms with van der Waals surface area (Å²) in [6.45, 7) is 0.645. The number of thiazole rings is 1. The predicted octanol–water partition coefficient (Wildman–Crippen LogP) is 2.16. The van der Waals surface area contributed by atoms with E-state index in [4.69, 9.17) is 0 Å². The molecule has 0 atom stereocenters. The number of hydrogen-bond acceptors (Lipinski definition) is 4. The summed E-state index contributed by atoms with van der Waals surface area (Å²) in [7, 11) is 0. The van der Waals surface area contributed by atoms with Crippen LogP contribution in [0.1, 0.15) is 0 Å². The summed E-state index contributed by atoms with van der Waals surface area (Å²) in [6.07, 6.45) is 1.58. The van der Waals surface area contributed by atoms with Crippen LogP contribution < -0.4 is 10.2 Å². The maximum atomic E-state index is 13.8. The van der Waals surface area contributed by atoms with Crippen molar-refractivity contribution >= 4 is 34.1 Å². The van der Waals surface area contributed by atoms with Crippen molar-refractivity contribution in [2.24, 2.45) is 0 Å². The Hall–Kier alpha value is -2.48. The molecule has 6 nitrogen and oxygen atoms in total. The second kappa shape index (κ2) is 6.10. The van der Waals surface area contributed by atoms with Gasteiger partial charge in [-0.3, -0.25) is 9.69 Å². The molecule has 3 rings (SSSR count). The average molecular weight is 320 g/mol. The normalized spacial score (nSPS) is 14.5. The first-order valence-electron chi connectivity index (χ1n) is 6.65. The maximum Gasteiger partial charge on any atom is 0.325 e. The minimum Gasteiger partial charge on any atom is -0.313 e. The Morgan fingerprint density at radius 3 is 2.91 bits per heavy atom. The van der Waals surface area contributed by atoms with Gasteiger partial charge in [0.1, 0.15) is 12.4 Å². The summed E-state index contributed by atoms with van der Waals surface area (Å²) in [5.41, 5.74) is 0.232. The molecule has 1 saturated heterocycles. The van der Waals surface area contributed by atoms with E-state index in [-0.39, 0.29) is 24.2 Å². The topological polar surface area (TPSA) is 65.5 Å². The molecule has 3 amide bonds. The number of rotatable bonds is 4. The average Bonchev–Trinajstić information content (AvgIpc) is 3.11. The van der Waals surface area contributed by atoms with E-state index in [2.05, 4.69) is 10.3 Å². The van der Waals surface area contributed by atoms with Crippen molar-refractivity contribution in [3.05, 3.63) is 41.7 Å². The highest BCUT2D eigenvalue weighted by molar-refractivity contribution is 7.13. The number of hydrogen-bond donors (Lipinski definition) is 1. The van der Waals surface area contributed by atoms with Gasteiger partial charge in [0, 0.05) is 24.7 Å². The first-order chi connectivity index (χ1) is 10.6. The van der Waals surface area contributed by atoms with E-state index in [1.807, 2.05) is 0 Å². The van der Waals surface area contributed by atoms with Crippen molar-refractivity contribution in [1.82, 2.24) is 9.88 Å². The van der Waals surface area contributed by atoms with Gasteiger partial charge in [0.15, 0.2) is 5.13 Å². The van der Waals surface area contributed by atoms with Crippen molar-refractivity contribution in [3.63, 3.8) is 0 Å². The second-order valence-electron chi connectivity index (χ2n) is 4.69. The minimum absolute atomic E-state index is 0.0800. The Morgan fingerprint density at radius 2 is 2.18 bits per heavy atom. The molecule has 0 saturated carbocycles. The van der Waals surface area contributed by atoms with E-state index in [0.717, 1.165) is 0 Å². The van der Waals surface area contributed by atoms with Gasteiger partial charge in [0.2, 0.25) is 5.91 Å². The van der Waals surface area contributed by atoms with Gasteiger partial charge in [0.25, 0.3) is 0 Å². The van der Waals surface area contributed by atoms with Crippen molar-refractivity contribution < 1.29 is 14.0 Å². The lowest BCUT2D eigenvalue weighted by atomic mass is 10.3. The van der Waals surface area contributed by atoms with Gasteiger partial charge in [-0.1, -0.05) is 12.1 Å². The fraction of sp³-hybridized carbons (Fsp3) is 0.214. The highest BCUT2D eigenvalue weighted by atomic mass is 32.1. The number of carbonyl (C=O) groups excluding carboxylic acids is 2. The molecule has 0 aliphatic carbocycles. The number of carbonyl (C=O) groups is 2. The van der Waals surface area contributed by atoms with Gasteiger partial charge in [-0.15, -0.1) is 11.3 Å². The van der Waals surface area contributed by atoms with Gasteiger partial charge in [-0.05, 0) is 12.1 Å². The predicted molar refractivity (Wildman–Crippen MR) is 81.5 cm³/mol. The molecule has 0 unspecified atom stereocenters. The summed E-state index contributed by atoms with van der Waals surface area (Å²) < 4.78 is 13.8. The standard InChI is InChI=1S/C14H13FN4O2S/c15-10-3-1-2-4-11(10)19-7-6-18(14(19)21)9-12(20)17-13-16-5-8-22-13/h1-5,8H,6-7,9H2,(H,16,17,20). The lowest BCUT2D eigenvalue weighted by molar-refractivity contribution is -0.116. The molecule has 0 spiro atoms. The SMILES string of the molecule is O=C(CN1CCN(c2ccccc2F)C1=O)Nc1nccs1. The van der Waals surface area contributed by atoms with Crippen LogP contribution in [0.4, 0.5) is 20.0 Å². The third kappa shape index (κ3) is 2.91. The summed E-state index contributed by atoms with van der Waals surface area (Å²) in [5.74, 6) is -0.774. The molecule has 1 aliphatic heterocycles. The maximum absolute atomic E-state index is 13.8. The van der Waals surface area contributed by atoms with Crippen LogP contribution in [-0.2, 0) is 4.79 Å². The molecular formula is C14H13FN4O2S. The summed E-state index contributed by atoms with van der Waals surface area (Å²) in [6, 6.07) is 5.72. The lowest BCUT2D eigenvalue weighted by Gasteiger charge is -2.18. The lowest BCUT2D eigenvalue weighted by Crippen LogP contribution is -2.37. The van der Waals surface area contributed by atoms with E-state index < -0.39 is 5.82 Å². The number of amides is 3. The van der Waals surface area contributed by atoms with Crippen LogP contribution in [-0.4, -0.2) is 41.5 Å². The zero-order valence-electron chi connectivity index (χ0n) is 11.5. The fourth-order valence-electron chi connectivity index (χ4n) is 2.24. The molecule has 22 heavy (non-hydrogen) atoms. The Bertz CT molecular complexity index is 692. The molecule has 1 N–H and O–H groups in total. The van der Waals surface area contributed by atoms with E-state index in [9.17, 15) is 14.0 Å². The van der Waals surface area contributed by atoms with Gasteiger partial charge in [-0.25, -0.2) is 14.2 Å². The molecule has 8 heteroatoms. The van der Waals surface area contributed by atoms with Crippen molar-refractivity contribution in [2.75, 3.05) is 29.9 Å². The first kappa shape index (κ1) is 14.5. The number of benzene rings is 1. The molecule has 114 valence electrons. The van der Waals surface area contributed by atoms with Crippen LogP contribution >= 0.6 is 11.3 Å². The van der Waals surface area contributed by atoms with E-state index >= 15 is 0 Å². The van der Waals surface area contributed by atoms with E-state index in [1.165, 1.54) is 27.2 Å². The molecule has 0 bridgehead atoms. The van der Waals surface area contributed by atoms with E-state index in [1.54, 1.807) is 29.8 Å². The smallest absolute Gasteiger partial charge is 0.313 e. The quantitative estimate of drug-likeness (QED) is 0.939. The largest absolute Gasteiger partial charge is 0.325 e. The molecule has 2 heterocycles. The van der Waals surface area contributed by atoms with Gasteiger partial charge < -0.3 is 10.2 Å². The summed E-state index contributed by atoms with van der Waals surface area (Å²) in [5, 5.41) is 4.85. The van der Waals surface area contributed by atoms with Crippen LogP contribution in [0.25, 0.3) is 0 Å². The molecular weight excluding hydrogens is 307 g/mol. The number of aromatic nitrogens is 1. The fourth-order valence-corrected chi connectivity index (χ4v) is 2.79. The molecule has 1 aromatic heterocycles. The van der Waals surface area contributed by atoms with Gasteiger partial charge in [-0.2, -0.15) is 0 Å². The van der Waals surface area contributed by atoms with Crippen LogP contribution in [0.15, 0.2) is 35.8 Å². The van der Waals surface area contributed by atoms with Gasteiger partial charge in [0.05, 0.1) is 5.69 Å². The van der Waals surface area contributed by atoms with Crippen molar-refractivity contribution in [2.45, 2.75) is 0 Å². The number of nitrogens with one attached hydrogen (secondary N) is 1. The van der Waals surface area contributed by atoms with Crippen molar-refractivity contribution in [3.8, 4) is 0 Å². The minimum atomic E-state index is -0.454. The Labute approximate surface area is 130 Å². The Kier molecular flexibility index (Phi) is 4.01. The summed E-state index contributed by atoms with van der Waals surface area (Å²) >= 11 is 1.30. The van der Waals surface area contributed by atoms with Crippen molar-refractivity contribution in [1.29, 1.82) is 0 Å². The monoisotopic (exact) mass is 320 g/mol. The summed E-state index contributed by atoms with van der Waals surface area (Å²) in [4.78, 5) is 30.9. The number of urea groups is 1. The third-order valence-electron chi connectivity index (χ3n) is 3.25. The molecule has 2 aromatic rings. The highest BCUT2D eigenvalue weighted by Crippen LogP contribution is 2.23. The zero-order chi connectivity index (χ0) is 15.5. The number of nitrogens with zero attached hydrogens (tertiary/aromatic N) is 3.